The number of rotatable bonds is 6. The number of hydrogen-bond acceptors (Lipinski definition) is 5. The number of amides is 1. The van der Waals surface area contributed by atoms with E-state index < -0.39 is 11.6 Å². The standard InChI is InChI=1S/C19H21NO5/c1-4-20(11-15-8-6-5-7-9-15)16(21)12-24-19(23)18-13(2)10-17(22)25-14(18)3/h5-10H,4,11-12H2,1-3H3. The third kappa shape index (κ3) is 4.79. The molecule has 0 fully saturated rings. The van der Waals surface area contributed by atoms with E-state index in [4.69, 9.17) is 9.15 Å². The number of hydrogen-bond donors (Lipinski definition) is 0. The van der Waals surface area contributed by atoms with E-state index in [0.717, 1.165) is 5.56 Å². The van der Waals surface area contributed by atoms with Gasteiger partial charge in [0.25, 0.3) is 5.91 Å². The van der Waals surface area contributed by atoms with Crippen molar-refractivity contribution in [1.82, 2.24) is 4.90 Å². The fraction of sp³-hybridized carbons (Fsp3) is 0.316. The van der Waals surface area contributed by atoms with Crippen molar-refractivity contribution in [2.45, 2.75) is 27.3 Å². The minimum atomic E-state index is -0.678. The van der Waals surface area contributed by atoms with Crippen LogP contribution in [0.1, 0.15) is 34.2 Å². The third-order valence-electron chi connectivity index (χ3n) is 3.82. The highest BCUT2D eigenvalue weighted by Crippen LogP contribution is 2.12. The summed E-state index contributed by atoms with van der Waals surface area (Å²) in [6, 6.07) is 10.8. The Kier molecular flexibility index (Phi) is 6.11. The second kappa shape index (κ2) is 8.28. The van der Waals surface area contributed by atoms with Crippen LogP contribution in [0.15, 0.2) is 45.6 Å². The average Bonchev–Trinajstić information content (AvgIpc) is 2.57. The molecule has 0 N–H and O–H groups in total. The van der Waals surface area contributed by atoms with Crippen LogP contribution >= 0.6 is 0 Å². The lowest BCUT2D eigenvalue weighted by Crippen LogP contribution is -2.34. The Morgan fingerprint density at radius 1 is 1.16 bits per heavy atom. The normalized spacial score (nSPS) is 10.4. The second-order valence-corrected chi connectivity index (χ2v) is 5.65. The first kappa shape index (κ1) is 18.4. The SMILES string of the molecule is CCN(Cc1ccccc1)C(=O)COC(=O)c1c(C)cc(=O)oc1C. The number of likely N-dealkylation sites (N-methyl/N-ethyl adjacent to an activating group) is 1. The van der Waals surface area contributed by atoms with Crippen molar-refractivity contribution >= 4 is 11.9 Å². The van der Waals surface area contributed by atoms with E-state index in [9.17, 15) is 14.4 Å². The van der Waals surface area contributed by atoms with E-state index in [-0.39, 0.29) is 23.8 Å². The minimum absolute atomic E-state index is 0.179. The number of benzene rings is 1. The number of nitrogens with zero attached hydrogens (tertiary/aromatic N) is 1. The molecule has 0 saturated carbocycles. The maximum Gasteiger partial charge on any atom is 0.342 e. The van der Waals surface area contributed by atoms with Gasteiger partial charge in [0.05, 0.1) is 0 Å². The number of carbonyl (C=O) groups excluding carboxylic acids is 2. The molecule has 0 spiro atoms. The summed E-state index contributed by atoms with van der Waals surface area (Å²) in [7, 11) is 0. The van der Waals surface area contributed by atoms with Gasteiger partial charge >= 0.3 is 11.6 Å². The van der Waals surface area contributed by atoms with Crippen LogP contribution in [0.5, 0.6) is 0 Å². The summed E-state index contributed by atoms with van der Waals surface area (Å²) in [6.45, 7) is 5.59. The Morgan fingerprint density at radius 3 is 2.44 bits per heavy atom. The topological polar surface area (TPSA) is 76.8 Å². The molecule has 6 heteroatoms. The molecule has 0 radical (unpaired) electrons. The Morgan fingerprint density at radius 2 is 1.84 bits per heavy atom. The van der Waals surface area contributed by atoms with Crippen LogP contribution in [-0.4, -0.2) is 29.9 Å². The van der Waals surface area contributed by atoms with Gasteiger partial charge in [-0.3, -0.25) is 4.79 Å². The predicted molar refractivity (Wildman–Crippen MR) is 92.3 cm³/mol. The maximum absolute atomic E-state index is 12.3. The molecule has 1 aromatic heterocycles. The molecule has 1 amide bonds. The number of aryl methyl sites for hydroxylation is 2. The third-order valence-corrected chi connectivity index (χ3v) is 3.82. The average molecular weight is 343 g/mol. The Bertz CT molecular complexity index is 784. The summed E-state index contributed by atoms with van der Waals surface area (Å²) < 4.78 is 10.0. The van der Waals surface area contributed by atoms with Crippen molar-refractivity contribution in [2.24, 2.45) is 0 Å². The highest BCUT2D eigenvalue weighted by molar-refractivity contribution is 5.93. The molecule has 0 aliphatic heterocycles. The molecule has 25 heavy (non-hydrogen) atoms. The van der Waals surface area contributed by atoms with Gasteiger partial charge in [0.1, 0.15) is 11.3 Å². The second-order valence-electron chi connectivity index (χ2n) is 5.65. The summed E-state index contributed by atoms with van der Waals surface area (Å²) in [5.41, 5.74) is 1.12. The number of ether oxygens (including phenoxy) is 1. The first-order chi connectivity index (χ1) is 11.9. The summed E-state index contributed by atoms with van der Waals surface area (Å²) >= 11 is 0. The fourth-order valence-corrected chi connectivity index (χ4v) is 2.53. The van der Waals surface area contributed by atoms with E-state index in [1.807, 2.05) is 37.3 Å². The lowest BCUT2D eigenvalue weighted by molar-refractivity contribution is -0.135. The van der Waals surface area contributed by atoms with Crippen molar-refractivity contribution in [2.75, 3.05) is 13.2 Å². The smallest absolute Gasteiger partial charge is 0.342 e. The van der Waals surface area contributed by atoms with Crippen LogP contribution in [0.3, 0.4) is 0 Å². The van der Waals surface area contributed by atoms with Gasteiger partial charge in [0, 0.05) is 19.2 Å². The van der Waals surface area contributed by atoms with Crippen LogP contribution in [0, 0.1) is 13.8 Å². The van der Waals surface area contributed by atoms with Gasteiger partial charge in [-0.25, -0.2) is 9.59 Å². The number of esters is 1. The Balaban J connectivity index is 2.01. The molecule has 0 aliphatic rings. The Labute approximate surface area is 146 Å². The molecule has 0 aliphatic carbocycles. The predicted octanol–water partition coefficient (Wildman–Crippen LogP) is 2.46. The van der Waals surface area contributed by atoms with Crippen molar-refractivity contribution in [1.29, 1.82) is 0 Å². The van der Waals surface area contributed by atoms with Gasteiger partial charge in [-0.05, 0) is 31.9 Å². The van der Waals surface area contributed by atoms with E-state index in [1.54, 1.807) is 11.8 Å². The van der Waals surface area contributed by atoms with Gasteiger partial charge in [0.15, 0.2) is 6.61 Å². The molecule has 0 atom stereocenters. The first-order valence-electron chi connectivity index (χ1n) is 8.02. The maximum atomic E-state index is 12.3. The highest BCUT2D eigenvalue weighted by Gasteiger charge is 2.20. The van der Waals surface area contributed by atoms with Crippen molar-refractivity contribution in [3.8, 4) is 0 Å². The molecule has 1 heterocycles. The van der Waals surface area contributed by atoms with Gasteiger partial charge < -0.3 is 14.1 Å². The van der Waals surface area contributed by atoms with Gasteiger partial charge in [0.2, 0.25) is 0 Å². The summed E-state index contributed by atoms with van der Waals surface area (Å²) in [5, 5.41) is 0. The molecule has 2 aromatic rings. The van der Waals surface area contributed by atoms with E-state index in [1.165, 1.54) is 13.0 Å². The zero-order chi connectivity index (χ0) is 18.4. The summed E-state index contributed by atoms with van der Waals surface area (Å²) in [5.74, 6) is -0.783. The minimum Gasteiger partial charge on any atom is -0.452 e. The fourth-order valence-electron chi connectivity index (χ4n) is 2.53. The molecule has 0 saturated heterocycles. The van der Waals surface area contributed by atoms with Crippen molar-refractivity contribution < 1.29 is 18.7 Å². The van der Waals surface area contributed by atoms with Crippen LogP contribution in [-0.2, 0) is 16.1 Å². The highest BCUT2D eigenvalue weighted by atomic mass is 16.5. The first-order valence-corrected chi connectivity index (χ1v) is 8.02. The molecule has 132 valence electrons. The van der Waals surface area contributed by atoms with E-state index >= 15 is 0 Å². The van der Waals surface area contributed by atoms with E-state index in [0.29, 0.717) is 18.7 Å². The zero-order valence-corrected chi connectivity index (χ0v) is 14.6. The molecule has 2 rings (SSSR count). The van der Waals surface area contributed by atoms with Crippen LogP contribution in [0.25, 0.3) is 0 Å². The molecule has 6 nitrogen and oxygen atoms in total. The Hall–Kier alpha value is -2.89. The van der Waals surface area contributed by atoms with Gasteiger partial charge in [-0.15, -0.1) is 0 Å². The van der Waals surface area contributed by atoms with Gasteiger partial charge in [-0.2, -0.15) is 0 Å². The summed E-state index contributed by atoms with van der Waals surface area (Å²) in [6.07, 6.45) is 0. The summed E-state index contributed by atoms with van der Waals surface area (Å²) in [4.78, 5) is 37.4. The molecule has 1 aromatic carbocycles. The quantitative estimate of drug-likeness (QED) is 0.753. The van der Waals surface area contributed by atoms with Crippen LogP contribution in [0.4, 0.5) is 0 Å². The number of carbonyl (C=O) groups is 2. The lowest BCUT2D eigenvalue weighted by Gasteiger charge is -2.21. The van der Waals surface area contributed by atoms with Crippen molar-refractivity contribution in [3.05, 3.63) is 69.3 Å². The van der Waals surface area contributed by atoms with Crippen LogP contribution < -0.4 is 5.63 Å². The van der Waals surface area contributed by atoms with Crippen LogP contribution in [0.2, 0.25) is 0 Å². The zero-order valence-electron chi connectivity index (χ0n) is 14.6. The lowest BCUT2D eigenvalue weighted by atomic mass is 10.1. The molecule has 0 unspecified atom stereocenters. The molecule has 0 bridgehead atoms. The molecular weight excluding hydrogens is 322 g/mol. The van der Waals surface area contributed by atoms with Gasteiger partial charge in [-0.1, -0.05) is 30.3 Å². The van der Waals surface area contributed by atoms with E-state index in [2.05, 4.69) is 0 Å². The van der Waals surface area contributed by atoms with Crippen molar-refractivity contribution in [3.63, 3.8) is 0 Å². The largest absolute Gasteiger partial charge is 0.452 e. The monoisotopic (exact) mass is 343 g/mol. The molecular formula is C19H21NO5.